The Hall–Kier alpha value is -2.44. The van der Waals surface area contributed by atoms with Gasteiger partial charge in [-0.05, 0) is 98.9 Å². The molecule has 1 aliphatic heterocycles. The first-order valence-electron chi connectivity index (χ1n) is 12.7. The molecule has 40 heavy (non-hydrogen) atoms. The van der Waals surface area contributed by atoms with Crippen LogP contribution >= 0.6 is 24.4 Å². The average molecular weight is 629 g/mol. The molecule has 0 atom stereocenters. The normalized spacial score (nSPS) is 14.8. The Bertz CT molecular complexity index is 1240. The molecule has 0 bridgehead atoms. The molecule has 0 saturated carbocycles. The van der Waals surface area contributed by atoms with Gasteiger partial charge < -0.3 is 31.1 Å². The molecule has 1 saturated heterocycles. The summed E-state index contributed by atoms with van der Waals surface area (Å²) in [6, 6.07) is 12.2. The van der Waals surface area contributed by atoms with Gasteiger partial charge in [0.2, 0.25) is 20.0 Å². The Labute approximate surface area is 246 Å². The van der Waals surface area contributed by atoms with Crippen LogP contribution in [-0.2, 0) is 20.0 Å². The zero-order chi connectivity index (χ0) is 29.2. The van der Waals surface area contributed by atoms with Gasteiger partial charge >= 0.3 is 0 Å². The monoisotopic (exact) mass is 628 g/mol. The molecule has 0 radical (unpaired) electrons. The van der Waals surface area contributed by atoms with Crippen molar-refractivity contribution in [3.05, 3.63) is 48.5 Å². The summed E-state index contributed by atoms with van der Waals surface area (Å²) in [5.74, 6) is 0. The summed E-state index contributed by atoms with van der Waals surface area (Å²) in [6.45, 7) is 7.48. The average Bonchev–Trinajstić information content (AvgIpc) is 2.89. The van der Waals surface area contributed by atoms with Crippen LogP contribution in [0.3, 0.4) is 0 Å². The third-order valence-electron chi connectivity index (χ3n) is 6.22. The molecule has 12 nitrogen and oxygen atoms in total. The molecule has 16 heteroatoms. The van der Waals surface area contributed by atoms with Gasteiger partial charge in [0.1, 0.15) is 0 Å². The lowest BCUT2D eigenvalue weighted by Gasteiger charge is -2.34. The maximum absolute atomic E-state index is 11.3. The van der Waals surface area contributed by atoms with Gasteiger partial charge in [0, 0.05) is 50.6 Å². The van der Waals surface area contributed by atoms with Crippen LogP contribution in [-0.4, -0.2) is 89.2 Å². The first-order chi connectivity index (χ1) is 18.9. The fourth-order valence-electron chi connectivity index (χ4n) is 4.05. The lowest BCUT2D eigenvalue weighted by atomic mass is 10.2. The van der Waals surface area contributed by atoms with E-state index in [0.717, 1.165) is 65.2 Å². The highest BCUT2D eigenvalue weighted by Gasteiger charge is 2.16. The number of rotatable bonds is 12. The van der Waals surface area contributed by atoms with Gasteiger partial charge in [-0.25, -0.2) is 27.1 Å². The lowest BCUT2D eigenvalue weighted by molar-refractivity contribution is 0.131. The summed E-state index contributed by atoms with van der Waals surface area (Å²) >= 11 is 10.6. The van der Waals surface area contributed by atoms with Gasteiger partial charge in [0.05, 0.1) is 9.79 Å². The number of sulfonamides is 2. The molecular formula is C24H36N8O4S4. The van der Waals surface area contributed by atoms with Crippen LogP contribution in [0.25, 0.3) is 0 Å². The number of nitrogens with one attached hydrogen (secondary N) is 4. The van der Waals surface area contributed by atoms with E-state index in [4.69, 9.17) is 34.7 Å². The molecule has 1 heterocycles. The van der Waals surface area contributed by atoms with E-state index >= 15 is 0 Å². The molecular weight excluding hydrogens is 593 g/mol. The smallest absolute Gasteiger partial charge is 0.238 e. The summed E-state index contributed by atoms with van der Waals surface area (Å²) in [6.07, 6.45) is 1.90. The van der Waals surface area contributed by atoms with Gasteiger partial charge in [-0.15, -0.1) is 0 Å². The molecule has 1 aliphatic rings. The van der Waals surface area contributed by atoms with Gasteiger partial charge in [-0.1, -0.05) is 0 Å². The molecule has 0 aliphatic carbocycles. The highest BCUT2D eigenvalue weighted by molar-refractivity contribution is 7.89. The molecule has 220 valence electrons. The number of primary sulfonamides is 2. The highest BCUT2D eigenvalue weighted by atomic mass is 32.2. The summed E-state index contributed by atoms with van der Waals surface area (Å²) in [5.41, 5.74) is 1.37. The zero-order valence-electron chi connectivity index (χ0n) is 22.0. The number of piperazine rings is 1. The number of thiocarbonyl (C=S) groups is 2. The number of benzene rings is 2. The standard InChI is InChI=1S/C24H36N8O4S4/c25-39(33,34)21-7-3-19(4-8-21)29-23(37)27-11-1-13-31-15-17-32(18-16-31)14-2-12-28-24(38)30-20-5-9-22(10-6-20)40(26,35)36/h3-10H,1-2,11-18H2,(H2,25,33,34)(H2,26,35,36)(H2,27,29,37)(H2,28,30,38). The van der Waals surface area contributed by atoms with Crippen LogP contribution in [0, 0.1) is 0 Å². The minimum Gasteiger partial charge on any atom is -0.362 e. The van der Waals surface area contributed by atoms with Crippen molar-refractivity contribution >= 4 is 66.1 Å². The summed E-state index contributed by atoms with van der Waals surface area (Å²) in [4.78, 5) is 5.00. The largest absolute Gasteiger partial charge is 0.362 e. The van der Waals surface area contributed by atoms with E-state index in [1.165, 1.54) is 24.3 Å². The minimum atomic E-state index is -3.71. The first-order valence-corrected chi connectivity index (χ1v) is 16.6. The van der Waals surface area contributed by atoms with Gasteiger partial charge in [-0.2, -0.15) is 0 Å². The van der Waals surface area contributed by atoms with E-state index in [1.54, 1.807) is 24.3 Å². The van der Waals surface area contributed by atoms with Crippen LogP contribution in [0.5, 0.6) is 0 Å². The van der Waals surface area contributed by atoms with Crippen LogP contribution in [0.15, 0.2) is 58.3 Å². The third kappa shape index (κ3) is 11.2. The number of anilines is 2. The predicted octanol–water partition coefficient (Wildman–Crippen LogP) is 0.652. The van der Waals surface area contributed by atoms with Gasteiger partial charge in [-0.3, -0.25) is 0 Å². The van der Waals surface area contributed by atoms with E-state index in [1.807, 2.05) is 0 Å². The van der Waals surface area contributed by atoms with Gasteiger partial charge in [0.15, 0.2) is 10.2 Å². The third-order valence-corrected chi connectivity index (χ3v) is 8.57. The number of hydrogen-bond donors (Lipinski definition) is 6. The van der Waals surface area contributed by atoms with Crippen molar-refractivity contribution in [2.24, 2.45) is 10.3 Å². The quantitative estimate of drug-likeness (QED) is 0.143. The molecule has 0 aromatic heterocycles. The second kappa shape index (κ2) is 15.0. The molecule has 0 unspecified atom stereocenters. The predicted molar refractivity (Wildman–Crippen MR) is 166 cm³/mol. The van der Waals surface area contributed by atoms with Crippen LogP contribution in [0.2, 0.25) is 0 Å². The van der Waals surface area contributed by atoms with E-state index in [9.17, 15) is 16.8 Å². The first kappa shape index (κ1) is 32.1. The molecule has 2 aromatic carbocycles. The van der Waals surface area contributed by atoms with Gasteiger partial charge in [0.25, 0.3) is 0 Å². The topological polar surface area (TPSA) is 175 Å². The van der Waals surface area contributed by atoms with E-state index in [2.05, 4.69) is 31.1 Å². The van der Waals surface area contributed by atoms with Crippen molar-refractivity contribution in [3.8, 4) is 0 Å². The summed E-state index contributed by atoms with van der Waals surface area (Å²) in [5, 5.41) is 23.6. The summed E-state index contributed by atoms with van der Waals surface area (Å²) in [7, 11) is -7.43. The SMILES string of the molecule is NS(=O)(=O)c1ccc(NC(=S)NCCCN2CCN(CCCNC(=S)Nc3ccc(S(N)(=O)=O)cc3)CC2)cc1. The van der Waals surface area contributed by atoms with Crippen LogP contribution in [0.1, 0.15) is 12.8 Å². The maximum atomic E-state index is 11.3. The van der Waals surface area contributed by atoms with Crippen molar-refractivity contribution in [1.82, 2.24) is 20.4 Å². The zero-order valence-corrected chi connectivity index (χ0v) is 25.3. The van der Waals surface area contributed by atoms with Crippen molar-refractivity contribution in [1.29, 1.82) is 0 Å². The molecule has 3 rings (SSSR count). The van der Waals surface area contributed by atoms with Crippen molar-refractivity contribution in [2.75, 3.05) is 63.0 Å². The van der Waals surface area contributed by atoms with E-state index in [-0.39, 0.29) is 9.79 Å². The molecule has 0 amide bonds. The van der Waals surface area contributed by atoms with E-state index in [0.29, 0.717) is 21.6 Å². The number of hydrogen-bond acceptors (Lipinski definition) is 8. The molecule has 1 fully saturated rings. The second-order valence-electron chi connectivity index (χ2n) is 9.29. The Morgan fingerprint density at radius 1 is 0.650 bits per heavy atom. The lowest BCUT2D eigenvalue weighted by Crippen LogP contribution is -2.47. The molecule has 8 N–H and O–H groups in total. The Morgan fingerprint density at radius 3 is 1.27 bits per heavy atom. The van der Waals surface area contributed by atoms with Crippen molar-refractivity contribution < 1.29 is 16.8 Å². The van der Waals surface area contributed by atoms with Crippen molar-refractivity contribution in [2.45, 2.75) is 22.6 Å². The molecule has 2 aromatic rings. The fourth-order valence-corrected chi connectivity index (χ4v) is 5.52. The highest BCUT2D eigenvalue weighted by Crippen LogP contribution is 2.13. The molecule has 0 spiro atoms. The Balaban J connectivity index is 1.21. The number of nitrogens with two attached hydrogens (primary N) is 2. The Kier molecular flexibility index (Phi) is 12.0. The van der Waals surface area contributed by atoms with Crippen molar-refractivity contribution in [3.63, 3.8) is 0 Å². The minimum absolute atomic E-state index is 0.0556. The van der Waals surface area contributed by atoms with E-state index < -0.39 is 20.0 Å². The summed E-state index contributed by atoms with van der Waals surface area (Å²) < 4.78 is 45.4. The number of nitrogens with zero attached hydrogens (tertiary/aromatic N) is 2. The fraction of sp³-hybridized carbons (Fsp3) is 0.417. The van der Waals surface area contributed by atoms with Crippen LogP contribution in [0.4, 0.5) is 11.4 Å². The second-order valence-corrected chi connectivity index (χ2v) is 13.2. The maximum Gasteiger partial charge on any atom is 0.238 e. The Morgan fingerprint density at radius 2 is 0.975 bits per heavy atom. The van der Waals surface area contributed by atoms with Crippen LogP contribution < -0.4 is 31.5 Å².